The highest BCUT2D eigenvalue weighted by atomic mass is 16.2. The van der Waals surface area contributed by atoms with Gasteiger partial charge in [0.1, 0.15) is 5.69 Å². The minimum Gasteiger partial charge on any atom is -0.333 e. The number of nitrogens with zero attached hydrogens (tertiary/aromatic N) is 2. The van der Waals surface area contributed by atoms with Gasteiger partial charge < -0.3 is 10.2 Å². The fourth-order valence-corrected chi connectivity index (χ4v) is 2.25. The zero-order valence-electron chi connectivity index (χ0n) is 9.57. The highest BCUT2D eigenvalue weighted by Crippen LogP contribution is 2.18. The van der Waals surface area contributed by atoms with Crippen LogP contribution in [0.3, 0.4) is 0 Å². The topological polar surface area (TPSA) is 61.0 Å². The minimum absolute atomic E-state index is 0.0671. The number of piperidine rings is 1. The number of H-pyrrole nitrogens is 1. The number of likely N-dealkylation sites (N-methyl/N-ethyl adjacent to an activating group) is 1. The van der Waals surface area contributed by atoms with Crippen molar-refractivity contribution in [1.82, 2.24) is 20.4 Å². The maximum Gasteiger partial charge on any atom is 0.272 e. The van der Waals surface area contributed by atoms with E-state index in [0.717, 1.165) is 25.9 Å². The molecule has 2 heterocycles. The van der Waals surface area contributed by atoms with Crippen LogP contribution in [0.4, 0.5) is 0 Å². The van der Waals surface area contributed by atoms with Crippen molar-refractivity contribution in [2.24, 2.45) is 0 Å². The summed E-state index contributed by atoms with van der Waals surface area (Å²) in [5.41, 5.74) is 0.586. The van der Waals surface area contributed by atoms with Gasteiger partial charge in [-0.25, -0.2) is 0 Å². The number of carbonyl (C=O) groups is 1. The molecule has 1 aromatic heterocycles. The van der Waals surface area contributed by atoms with Gasteiger partial charge in [0.2, 0.25) is 0 Å². The van der Waals surface area contributed by atoms with E-state index in [-0.39, 0.29) is 5.91 Å². The van der Waals surface area contributed by atoms with Gasteiger partial charge in [0.05, 0.1) is 0 Å². The van der Waals surface area contributed by atoms with Crippen LogP contribution in [0.25, 0.3) is 0 Å². The normalized spacial score (nSPS) is 21.1. The Hall–Kier alpha value is -1.36. The van der Waals surface area contributed by atoms with Crippen LogP contribution in [0.5, 0.6) is 0 Å². The first-order valence-corrected chi connectivity index (χ1v) is 5.78. The second-order valence-electron chi connectivity index (χ2n) is 4.18. The van der Waals surface area contributed by atoms with Crippen molar-refractivity contribution in [3.8, 4) is 0 Å². The molecule has 0 spiro atoms. The summed E-state index contributed by atoms with van der Waals surface area (Å²) in [4.78, 5) is 14.1. The Morgan fingerprint density at radius 1 is 1.69 bits per heavy atom. The van der Waals surface area contributed by atoms with Gasteiger partial charge in [0.15, 0.2) is 0 Å². The van der Waals surface area contributed by atoms with Crippen molar-refractivity contribution in [2.75, 3.05) is 20.1 Å². The first-order chi connectivity index (χ1) is 7.83. The molecule has 0 bridgehead atoms. The molecule has 1 aliphatic heterocycles. The molecular formula is C11H18N4O. The number of aromatic amines is 1. The Balaban J connectivity index is 2.08. The second kappa shape index (κ2) is 5.12. The Bertz CT molecular complexity index is 334. The van der Waals surface area contributed by atoms with E-state index in [1.807, 2.05) is 11.9 Å². The van der Waals surface area contributed by atoms with Gasteiger partial charge in [-0.1, -0.05) is 0 Å². The van der Waals surface area contributed by atoms with E-state index in [2.05, 4.69) is 15.5 Å². The van der Waals surface area contributed by atoms with Crippen LogP contribution >= 0.6 is 0 Å². The third kappa shape index (κ3) is 2.24. The summed E-state index contributed by atoms with van der Waals surface area (Å²) in [6.45, 7) is 1.71. The molecule has 0 saturated carbocycles. The van der Waals surface area contributed by atoms with Gasteiger partial charge in [-0.3, -0.25) is 9.89 Å². The number of amides is 1. The van der Waals surface area contributed by atoms with Crippen LogP contribution in [0.15, 0.2) is 12.3 Å². The molecule has 1 aromatic rings. The highest BCUT2D eigenvalue weighted by Gasteiger charge is 2.27. The van der Waals surface area contributed by atoms with E-state index in [9.17, 15) is 4.79 Å². The van der Waals surface area contributed by atoms with E-state index in [1.54, 1.807) is 12.3 Å². The molecule has 5 nitrogen and oxygen atoms in total. The summed E-state index contributed by atoms with van der Waals surface area (Å²) >= 11 is 0. The van der Waals surface area contributed by atoms with Crippen molar-refractivity contribution in [3.63, 3.8) is 0 Å². The van der Waals surface area contributed by atoms with Crippen molar-refractivity contribution in [3.05, 3.63) is 18.0 Å². The summed E-state index contributed by atoms with van der Waals surface area (Å²) in [5, 5.41) is 9.70. The molecule has 88 valence electrons. The summed E-state index contributed by atoms with van der Waals surface area (Å²) < 4.78 is 0. The van der Waals surface area contributed by atoms with Crippen molar-refractivity contribution >= 4 is 5.91 Å². The van der Waals surface area contributed by atoms with Crippen molar-refractivity contribution in [1.29, 1.82) is 0 Å². The molecule has 1 atom stereocenters. The lowest BCUT2D eigenvalue weighted by Gasteiger charge is -2.35. The Labute approximate surface area is 95.2 Å². The lowest BCUT2D eigenvalue weighted by molar-refractivity contribution is 0.0609. The predicted octanol–water partition coefficient (Wildman–Crippen LogP) is 0.624. The van der Waals surface area contributed by atoms with Crippen LogP contribution in [-0.4, -0.2) is 47.2 Å². The average molecular weight is 222 g/mol. The van der Waals surface area contributed by atoms with Gasteiger partial charge in [-0.15, -0.1) is 0 Å². The van der Waals surface area contributed by atoms with Gasteiger partial charge in [-0.2, -0.15) is 5.10 Å². The number of hydrogen-bond donors (Lipinski definition) is 2. The standard InChI is InChI=1S/C11H18N4O/c1-12-8-9-4-2-3-7-15(9)11(16)10-5-6-13-14-10/h5-6,9,12H,2-4,7-8H2,1H3,(H,13,14). The molecule has 5 heteroatoms. The fraction of sp³-hybridized carbons (Fsp3) is 0.636. The maximum absolute atomic E-state index is 12.2. The molecule has 16 heavy (non-hydrogen) atoms. The average Bonchev–Trinajstić information content (AvgIpc) is 2.83. The maximum atomic E-state index is 12.2. The molecule has 1 aliphatic rings. The van der Waals surface area contributed by atoms with Gasteiger partial charge in [0.25, 0.3) is 5.91 Å². The number of aromatic nitrogens is 2. The van der Waals surface area contributed by atoms with Crippen molar-refractivity contribution in [2.45, 2.75) is 25.3 Å². The molecule has 0 radical (unpaired) electrons. The highest BCUT2D eigenvalue weighted by molar-refractivity contribution is 5.92. The molecule has 0 aliphatic carbocycles. The lowest BCUT2D eigenvalue weighted by atomic mass is 10.0. The number of likely N-dealkylation sites (tertiary alicyclic amines) is 1. The lowest BCUT2D eigenvalue weighted by Crippen LogP contribution is -2.48. The summed E-state index contributed by atoms with van der Waals surface area (Å²) in [7, 11) is 1.92. The summed E-state index contributed by atoms with van der Waals surface area (Å²) in [5.74, 6) is 0.0671. The third-order valence-corrected chi connectivity index (χ3v) is 3.06. The molecular weight excluding hydrogens is 204 g/mol. The first kappa shape index (κ1) is 11.1. The van der Waals surface area contributed by atoms with Crippen molar-refractivity contribution < 1.29 is 4.79 Å². The summed E-state index contributed by atoms with van der Waals surface area (Å²) in [6.07, 6.45) is 5.00. The molecule has 1 unspecified atom stereocenters. The number of carbonyl (C=O) groups excluding carboxylic acids is 1. The molecule has 1 amide bonds. The predicted molar refractivity (Wildman–Crippen MR) is 61.2 cm³/mol. The number of rotatable bonds is 3. The van der Waals surface area contributed by atoms with Crippen LogP contribution in [-0.2, 0) is 0 Å². The van der Waals surface area contributed by atoms with Gasteiger partial charge >= 0.3 is 0 Å². The van der Waals surface area contributed by atoms with Crippen LogP contribution in [0.1, 0.15) is 29.8 Å². The molecule has 2 rings (SSSR count). The van der Waals surface area contributed by atoms with Gasteiger partial charge in [0, 0.05) is 25.3 Å². The fourth-order valence-electron chi connectivity index (χ4n) is 2.25. The summed E-state index contributed by atoms with van der Waals surface area (Å²) in [6, 6.07) is 2.04. The molecule has 1 saturated heterocycles. The third-order valence-electron chi connectivity index (χ3n) is 3.06. The quantitative estimate of drug-likeness (QED) is 0.788. The van der Waals surface area contributed by atoms with Crippen LogP contribution < -0.4 is 5.32 Å². The zero-order valence-corrected chi connectivity index (χ0v) is 9.57. The molecule has 0 aromatic carbocycles. The second-order valence-corrected chi connectivity index (χ2v) is 4.18. The minimum atomic E-state index is 0.0671. The first-order valence-electron chi connectivity index (χ1n) is 5.78. The van der Waals surface area contributed by atoms with E-state index in [4.69, 9.17) is 0 Å². The molecule has 2 N–H and O–H groups in total. The smallest absolute Gasteiger partial charge is 0.272 e. The number of nitrogens with one attached hydrogen (secondary N) is 2. The van der Waals surface area contributed by atoms with E-state index in [1.165, 1.54) is 6.42 Å². The Morgan fingerprint density at radius 2 is 2.56 bits per heavy atom. The van der Waals surface area contributed by atoms with E-state index < -0.39 is 0 Å². The monoisotopic (exact) mass is 222 g/mol. The zero-order chi connectivity index (χ0) is 11.4. The van der Waals surface area contributed by atoms with Crippen LogP contribution in [0.2, 0.25) is 0 Å². The van der Waals surface area contributed by atoms with Crippen LogP contribution in [0, 0.1) is 0 Å². The largest absolute Gasteiger partial charge is 0.333 e. The van der Waals surface area contributed by atoms with E-state index >= 15 is 0 Å². The SMILES string of the molecule is CNCC1CCCCN1C(=O)c1ccn[nH]1. The Morgan fingerprint density at radius 3 is 3.25 bits per heavy atom. The Kier molecular flexibility index (Phi) is 3.56. The number of hydrogen-bond acceptors (Lipinski definition) is 3. The molecule has 1 fully saturated rings. The van der Waals surface area contributed by atoms with E-state index in [0.29, 0.717) is 11.7 Å². The van der Waals surface area contributed by atoms with Gasteiger partial charge in [-0.05, 0) is 32.4 Å².